The largest absolute Gasteiger partial charge is 0.306 e. The van der Waals surface area contributed by atoms with Crippen LogP contribution in [0.4, 0.5) is 0 Å². The summed E-state index contributed by atoms with van der Waals surface area (Å²) in [6.07, 6.45) is 3.38. The zero-order valence-corrected chi connectivity index (χ0v) is 7.49. The van der Waals surface area contributed by atoms with Gasteiger partial charge in [-0.2, -0.15) is 0 Å². The van der Waals surface area contributed by atoms with Crippen LogP contribution in [0.1, 0.15) is 33.6 Å². The predicted octanol–water partition coefficient (Wildman–Crippen LogP) is 2.79. The van der Waals surface area contributed by atoms with E-state index in [1.54, 1.807) is 13.0 Å². The normalized spacial score (nSPS) is 11.4. The van der Waals surface area contributed by atoms with Crippen LogP contribution in [-0.4, -0.2) is 11.4 Å². The molecule has 0 saturated carbocycles. The molecule has 0 spiro atoms. The van der Waals surface area contributed by atoms with Gasteiger partial charge in [0.25, 0.3) is 0 Å². The van der Waals surface area contributed by atoms with E-state index in [0.717, 1.165) is 18.4 Å². The van der Waals surface area contributed by atoms with Gasteiger partial charge >= 0.3 is 0 Å². The van der Waals surface area contributed by atoms with Crippen LogP contribution in [0.5, 0.6) is 0 Å². The Labute approximate surface area is 68.3 Å². The molecule has 0 aromatic heterocycles. The molecule has 2 nitrogen and oxygen atoms in total. The third-order valence-electron chi connectivity index (χ3n) is 1.51. The van der Waals surface area contributed by atoms with Crippen molar-refractivity contribution in [2.24, 2.45) is 0 Å². The van der Waals surface area contributed by atoms with Gasteiger partial charge in [0, 0.05) is 11.4 Å². The highest BCUT2D eigenvalue weighted by Gasteiger charge is 1.99. The molecule has 0 aliphatic heterocycles. The molecule has 2 heteroatoms. The zero-order chi connectivity index (χ0) is 8.85. The van der Waals surface area contributed by atoms with Gasteiger partial charge in [-0.15, -0.1) is 0 Å². The first-order chi connectivity index (χ1) is 5.11. The average Bonchev–Trinajstić information content (AvgIpc) is 1.98. The molecule has 0 bridgehead atoms. The van der Waals surface area contributed by atoms with E-state index in [1.165, 1.54) is 0 Å². The van der Waals surface area contributed by atoms with E-state index in [9.17, 15) is 0 Å². The number of allylic oxidation sites excluding steroid dienone is 2. The van der Waals surface area contributed by atoms with Crippen LogP contribution in [-0.2, 0) is 0 Å². The minimum Gasteiger partial charge on any atom is -0.306 e. The van der Waals surface area contributed by atoms with Crippen molar-refractivity contribution in [2.75, 3.05) is 0 Å². The first-order valence-electron chi connectivity index (χ1n) is 3.95. The molecule has 0 amide bonds. The van der Waals surface area contributed by atoms with Gasteiger partial charge in [0.15, 0.2) is 0 Å². The maximum Gasteiger partial charge on any atom is 0.0343 e. The molecule has 0 aliphatic rings. The molecule has 0 aromatic carbocycles. The molecular weight excluding hydrogens is 136 g/mol. The van der Waals surface area contributed by atoms with Crippen molar-refractivity contribution in [2.45, 2.75) is 33.6 Å². The Balaban J connectivity index is 4.39. The van der Waals surface area contributed by atoms with Crippen molar-refractivity contribution in [3.8, 4) is 0 Å². The summed E-state index contributed by atoms with van der Waals surface area (Å²) in [7, 11) is 0. The van der Waals surface area contributed by atoms with E-state index in [4.69, 9.17) is 10.8 Å². The van der Waals surface area contributed by atoms with E-state index in [1.807, 2.05) is 13.8 Å². The van der Waals surface area contributed by atoms with Gasteiger partial charge in [-0.3, -0.25) is 0 Å². The number of rotatable bonds is 4. The van der Waals surface area contributed by atoms with E-state index >= 15 is 0 Å². The average molecular weight is 152 g/mol. The van der Waals surface area contributed by atoms with E-state index < -0.39 is 0 Å². The summed E-state index contributed by atoms with van der Waals surface area (Å²) in [6.45, 7) is 5.71. The summed E-state index contributed by atoms with van der Waals surface area (Å²) in [6, 6.07) is 0. The third kappa shape index (κ3) is 3.71. The van der Waals surface area contributed by atoms with Crippen LogP contribution < -0.4 is 0 Å². The summed E-state index contributed by atoms with van der Waals surface area (Å²) >= 11 is 0. The van der Waals surface area contributed by atoms with Crippen LogP contribution >= 0.6 is 0 Å². The second-order valence-corrected chi connectivity index (χ2v) is 2.54. The topological polar surface area (TPSA) is 47.7 Å². The summed E-state index contributed by atoms with van der Waals surface area (Å²) in [4.78, 5) is 0. The summed E-state index contributed by atoms with van der Waals surface area (Å²) in [5.74, 6) is 0. The van der Waals surface area contributed by atoms with Crippen molar-refractivity contribution in [1.82, 2.24) is 0 Å². The Morgan fingerprint density at radius 1 is 1.18 bits per heavy atom. The SMILES string of the molecule is CCC(=N)/C(=C\C(C)=N)CC. The van der Waals surface area contributed by atoms with E-state index in [0.29, 0.717) is 11.4 Å². The molecule has 2 N–H and O–H groups in total. The molecule has 0 fully saturated rings. The third-order valence-corrected chi connectivity index (χ3v) is 1.51. The molecular formula is C9H16N2. The lowest BCUT2D eigenvalue weighted by Gasteiger charge is -2.02. The van der Waals surface area contributed by atoms with Crippen LogP contribution in [0, 0.1) is 10.8 Å². The summed E-state index contributed by atoms with van der Waals surface area (Å²) in [5, 5.41) is 14.7. The minimum absolute atomic E-state index is 0.528. The molecule has 0 rings (SSSR count). The molecule has 11 heavy (non-hydrogen) atoms. The lowest BCUT2D eigenvalue weighted by atomic mass is 10.0. The van der Waals surface area contributed by atoms with Crippen molar-refractivity contribution < 1.29 is 0 Å². The molecule has 0 aromatic rings. The van der Waals surface area contributed by atoms with Crippen LogP contribution in [0.3, 0.4) is 0 Å². The van der Waals surface area contributed by atoms with Crippen molar-refractivity contribution >= 4 is 11.4 Å². The first kappa shape index (κ1) is 10.1. The van der Waals surface area contributed by atoms with Crippen LogP contribution in [0.15, 0.2) is 11.6 Å². The fourth-order valence-corrected chi connectivity index (χ4v) is 0.891. The second kappa shape index (κ2) is 4.83. The highest BCUT2D eigenvalue weighted by Crippen LogP contribution is 2.05. The van der Waals surface area contributed by atoms with Gasteiger partial charge in [-0.05, 0) is 31.4 Å². The molecule has 0 unspecified atom stereocenters. The van der Waals surface area contributed by atoms with E-state index in [-0.39, 0.29) is 0 Å². The van der Waals surface area contributed by atoms with Crippen molar-refractivity contribution in [1.29, 1.82) is 10.8 Å². The quantitative estimate of drug-likeness (QED) is 0.582. The van der Waals surface area contributed by atoms with Crippen molar-refractivity contribution in [3.05, 3.63) is 11.6 Å². The maximum absolute atomic E-state index is 7.52. The predicted molar refractivity (Wildman–Crippen MR) is 49.8 cm³/mol. The minimum atomic E-state index is 0.528. The Kier molecular flexibility index (Phi) is 4.42. The van der Waals surface area contributed by atoms with Gasteiger partial charge in [0.1, 0.15) is 0 Å². The first-order valence-corrected chi connectivity index (χ1v) is 3.95. The standard InChI is InChI=1S/C9H16N2/c1-4-8(6-7(3)10)9(11)5-2/h6,10-11H,4-5H2,1-3H3/b8-6-,10-7?,11-9?. The molecule has 0 aliphatic carbocycles. The van der Waals surface area contributed by atoms with Gasteiger partial charge in [-0.25, -0.2) is 0 Å². The summed E-state index contributed by atoms with van der Waals surface area (Å²) < 4.78 is 0. The van der Waals surface area contributed by atoms with Crippen LogP contribution in [0.25, 0.3) is 0 Å². The Morgan fingerprint density at radius 2 is 1.73 bits per heavy atom. The van der Waals surface area contributed by atoms with Gasteiger partial charge in [0.05, 0.1) is 0 Å². The Hall–Kier alpha value is -0.920. The Bertz CT molecular complexity index is 190. The number of nitrogens with one attached hydrogen (secondary N) is 2. The second-order valence-electron chi connectivity index (χ2n) is 2.54. The molecule has 0 atom stereocenters. The monoisotopic (exact) mass is 152 g/mol. The Morgan fingerprint density at radius 3 is 2.00 bits per heavy atom. The van der Waals surface area contributed by atoms with Gasteiger partial charge < -0.3 is 10.8 Å². The maximum atomic E-state index is 7.52. The van der Waals surface area contributed by atoms with Gasteiger partial charge in [0.2, 0.25) is 0 Å². The van der Waals surface area contributed by atoms with Crippen LogP contribution in [0.2, 0.25) is 0 Å². The highest BCUT2D eigenvalue weighted by molar-refractivity contribution is 6.04. The number of hydrogen-bond acceptors (Lipinski definition) is 2. The lowest BCUT2D eigenvalue weighted by molar-refractivity contribution is 1.12. The molecule has 0 saturated heterocycles. The summed E-state index contributed by atoms with van der Waals surface area (Å²) in [5.41, 5.74) is 2.17. The van der Waals surface area contributed by atoms with E-state index in [2.05, 4.69) is 0 Å². The smallest absolute Gasteiger partial charge is 0.0343 e. The fourth-order valence-electron chi connectivity index (χ4n) is 0.891. The van der Waals surface area contributed by atoms with Crippen molar-refractivity contribution in [3.63, 3.8) is 0 Å². The van der Waals surface area contributed by atoms with Gasteiger partial charge in [-0.1, -0.05) is 13.8 Å². The zero-order valence-electron chi connectivity index (χ0n) is 7.49. The highest BCUT2D eigenvalue weighted by atomic mass is 14.4. The molecule has 0 heterocycles. The fraction of sp³-hybridized carbons (Fsp3) is 0.556. The molecule has 0 radical (unpaired) electrons. The molecule has 62 valence electrons. The lowest BCUT2D eigenvalue weighted by Crippen LogP contribution is -2.00. The number of hydrogen-bond donors (Lipinski definition) is 2.